The smallest absolute Gasteiger partial charge is 0.279 e. The number of rotatable bonds is 7. The fourth-order valence-electron chi connectivity index (χ4n) is 4.36. The van der Waals surface area contributed by atoms with E-state index < -0.39 is 55.0 Å². The molecule has 0 spiro atoms. The van der Waals surface area contributed by atoms with Crippen LogP contribution in [0.5, 0.6) is 0 Å². The van der Waals surface area contributed by atoms with Gasteiger partial charge in [0.1, 0.15) is 16.4 Å². The standard InChI is InChI=1S/C22H28F2N2O5S2/c1-15-4-7-18(8-5-15)32(28,29)22(19-12-17(23)6-9-20(19)24)11-10-21(16(13-22)14-27)25-33(30,31)26(2)3/h4-9,12,16,21,25,27H,10-11,13-14H2,1-3H3/t16-,21-,22+/m0/s1. The Morgan fingerprint density at radius 3 is 2.30 bits per heavy atom. The summed E-state index contributed by atoms with van der Waals surface area (Å²) in [5.41, 5.74) is 0.505. The minimum atomic E-state index is -4.26. The van der Waals surface area contributed by atoms with Gasteiger partial charge in [-0.15, -0.1) is 0 Å². The van der Waals surface area contributed by atoms with Crippen LogP contribution < -0.4 is 4.72 Å². The highest BCUT2D eigenvalue weighted by molar-refractivity contribution is 7.92. The second-order valence-corrected chi connectivity index (χ2v) is 12.8. The van der Waals surface area contributed by atoms with Crippen LogP contribution in [-0.4, -0.2) is 53.0 Å². The Kier molecular flexibility index (Phi) is 7.30. The lowest BCUT2D eigenvalue weighted by Gasteiger charge is -2.44. The van der Waals surface area contributed by atoms with Gasteiger partial charge in [-0.2, -0.15) is 17.4 Å². The summed E-state index contributed by atoms with van der Waals surface area (Å²) in [6.07, 6.45) is -0.458. The molecule has 0 radical (unpaired) electrons. The largest absolute Gasteiger partial charge is 0.396 e. The molecule has 0 aliphatic heterocycles. The van der Waals surface area contributed by atoms with Gasteiger partial charge in [0.2, 0.25) is 0 Å². The van der Waals surface area contributed by atoms with Crippen LogP contribution in [0.25, 0.3) is 0 Å². The van der Waals surface area contributed by atoms with E-state index in [4.69, 9.17) is 0 Å². The second-order valence-electron chi connectivity index (χ2n) is 8.63. The third kappa shape index (κ3) is 4.83. The topological polar surface area (TPSA) is 104 Å². The fraction of sp³-hybridized carbons (Fsp3) is 0.455. The van der Waals surface area contributed by atoms with E-state index in [2.05, 4.69) is 4.72 Å². The Hall–Kier alpha value is -1.92. The monoisotopic (exact) mass is 502 g/mol. The van der Waals surface area contributed by atoms with Gasteiger partial charge in [-0.3, -0.25) is 0 Å². The Morgan fingerprint density at radius 1 is 1.09 bits per heavy atom. The van der Waals surface area contributed by atoms with E-state index in [1.807, 2.05) is 0 Å². The number of aryl methyl sites for hydroxylation is 1. The third-order valence-corrected chi connectivity index (χ3v) is 10.4. The van der Waals surface area contributed by atoms with Crippen LogP contribution in [0.3, 0.4) is 0 Å². The van der Waals surface area contributed by atoms with E-state index in [0.29, 0.717) is 0 Å². The van der Waals surface area contributed by atoms with Crippen LogP contribution in [0.15, 0.2) is 47.4 Å². The van der Waals surface area contributed by atoms with E-state index >= 15 is 4.39 Å². The van der Waals surface area contributed by atoms with Crippen molar-refractivity contribution in [1.29, 1.82) is 0 Å². The van der Waals surface area contributed by atoms with Crippen molar-refractivity contribution in [3.05, 3.63) is 65.2 Å². The second kappa shape index (κ2) is 9.38. The number of hydrogen-bond acceptors (Lipinski definition) is 5. The number of hydrogen-bond donors (Lipinski definition) is 2. The van der Waals surface area contributed by atoms with Crippen molar-refractivity contribution in [1.82, 2.24) is 9.03 Å². The maximum Gasteiger partial charge on any atom is 0.279 e. The molecule has 0 aromatic heterocycles. The maximum atomic E-state index is 15.0. The molecule has 3 rings (SSSR count). The summed E-state index contributed by atoms with van der Waals surface area (Å²) in [4.78, 5) is -0.0548. The van der Waals surface area contributed by atoms with Gasteiger partial charge in [0, 0.05) is 38.2 Å². The first kappa shape index (κ1) is 25.7. The molecule has 0 amide bonds. The minimum Gasteiger partial charge on any atom is -0.396 e. The van der Waals surface area contributed by atoms with Crippen molar-refractivity contribution in [2.45, 2.75) is 41.9 Å². The number of halogens is 2. The number of nitrogens with zero attached hydrogens (tertiary/aromatic N) is 1. The fourth-order valence-corrected chi connectivity index (χ4v) is 7.47. The number of aliphatic hydroxyl groups excluding tert-OH is 1. The predicted octanol–water partition coefficient (Wildman–Crippen LogP) is 2.50. The zero-order valence-corrected chi connectivity index (χ0v) is 20.3. The number of benzene rings is 2. The lowest BCUT2D eigenvalue weighted by molar-refractivity contribution is 0.140. The molecule has 2 N–H and O–H groups in total. The Balaban J connectivity index is 2.15. The minimum absolute atomic E-state index is 0.000653. The van der Waals surface area contributed by atoms with Crippen LogP contribution in [0, 0.1) is 24.5 Å². The quantitative estimate of drug-likeness (QED) is 0.606. The number of aliphatic hydroxyl groups is 1. The Morgan fingerprint density at radius 2 is 1.73 bits per heavy atom. The first-order valence-electron chi connectivity index (χ1n) is 10.4. The molecule has 0 unspecified atom stereocenters. The number of nitrogens with one attached hydrogen (secondary N) is 1. The molecule has 1 aliphatic rings. The first-order chi connectivity index (χ1) is 15.3. The molecule has 2 aromatic rings. The molecule has 1 aliphatic carbocycles. The van der Waals surface area contributed by atoms with Crippen LogP contribution in [0.1, 0.15) is 30.4 Å². The summed E-state index contributed by atoms with van der Waals surface area (Å²) in [6.45, 7) is 1.25. The molecule has 0 bridgehead atoms. The van der Waals surface area contributed by atoms with Crippen LogP contribution in [0.2, 0.25) is 0 Å². The summed E-state index contributed by atoms with van der Waals surface area (Å²) in [6, 6.07) is 7.94. The molecule has 0 saturated heterocycles. The summed E-state index contributed by atoms with van der Waals surface area (Å²) in [7, 11) is -5.44. The maximum absolute atomic E-state index is 15.0. The van der Waals surface area contributed by atoms with E-state index in [1.54, 1.807) is 19.1 Å². The van der Waals surface area contributed by atoms with Crippen molar-refractivity contribution in [3.8, 4) is 0 Å². The SMILES string of the molecule is Cc1ccc(S(=O)(=O)[C@]2(c3cc(F)ccc3F)CC[C@H](NS(=O)(=O)N(C)C)[C@H](CO)C2)cc1. The van der Waals surface area contributed by atoms with E-state index in [0.717, 1.165) is 28.1 Å². The molecular weight excluding hydrogens is 474 g/mol. The van der Waals surface area contributed by atoms with Crippen molar-refractivity contribution in [3.63, 3.8) is 0 Å². The zero-order valence-electron chi connectivity index (χ0n) is 18.6. The molecule has 1 saturated carbocycles. The van der Waals surface area contributed by atoms with Crippen LogP contribution >= 0.6 is 0 Å². The Bertz CT molecular complexity index is 1220. The molecule has 0 heterocycles. The zero-order chi connectivity index (χ0) is 24.6. The van der Waals surface area contributed by atoms with Crippen molar-refractivity contribution in [2.75, 3.05) is 20.7 Å². The van der Waals surface area contributed by atoms with Gasteiger partial charge in [0.15, 0.2) is 9.84 Å². The highest BCUT2D eigenvalue weighted by atomic mass is 32.2. The van der Waals surface area contributed by atoms with Crippen molar-refractivity contribution >= 4 is 20.0 Å². The van der Waals surface area contributed by atoms with Gasteiger partial charge < -0.3 is 5.11 Å². The van der Waals surface area contributed by atoms with Gasteiger partial charge in [0.05, 0.1) is 4.90 Å². The summed E-state index contributed by atoms with van der Waals surface area (Å²) in [5, 5.41) is 10.1. The number of sulfone groups is 1. The molecule has 11 heteroatoms. The molecule has 182 valence electrons. The summed E-state index contributed by atoms with van der Waals surface area (Å²) in [5.74, 6) is -2.52. The Labute approximate surface area is 193 Å². The van der Waals surface area contributed by atoms with Crippen LogP contribution in [-0.2, 0) is 24.8 Å². The molecule has 3 atom stereocenters. The lowest BCUT2D eigenvalue weighted by atomic mass is 9.74. The van der Waals surface area contributed by atoms with Gasteiger partial charge in [-0.05, 0) is 56.5 Å². The normalized spacial score (nSPS) is 24.2. The predicted molar refractivity (Wildman–Crippen MR) is 120 cm³/mol. The van der Waals surface area contributed by atoms with Crippen LogP contribution in [0.4, 0.5) is 8.78 Å². The highest BCUT2D eigenvalue weighted by Gasteiger charge is 2.53. The first-order valence-corrected chi connectivity index (χ1v) is 13.3. The average Bonchev–Trinajstić information content (AvgIpc) is 2.75. The van der Waals surface area contributed by atoms with Gasteiger partial charge >= 0.3 is 0 Å². The van der Waals surface area contributed by atoms with Gasteiger partial charge in [-0.25, -0.2) is 17.2 Å². The average molecular weight is 503 g/mol. The lowest BCUT2D eigenvalue weighted by Crippen LogP contribution is -2.53. The molecule has 1 fully saturated rings. The van der Waals surface area contributed by atoms with Gasteiger partial charge in [0.25, 0.3) is 10.2 Å². The molecular formula is C22H28F2N2O5S2. The van der Waals surface area contributed by atoms with E-state index in [9.17, 15) is 26.3 Å². The van der Waals surface area contributed by atoms with Crippen molar-refractivity contribution < 1.29 is 30.7 Å². The summed E-state index contributed by atoms with van der Waals surface area (Å²) >= 11 is 0. The van der Waals surface area contributed by atoms with Gasteiger partial charge in [-0.1, -0.05) is 17.7 Å². The van der Waals surface area contributed by atoms with E-state index in [-0.39, 0.29) is 29.7 Å². The molecule has 2 aromatic carbocycles. The highest BCUT2D eigenvalue weighted by Crippen LogP contribution is 2.49. The van der Waals surface area contributed by atoms with Crippen molar-refractivity contribution in [2.24, 2.45) is 5.92 Å². The van der Waals surface area contributed by atoms with E-state index in [1.165, 1.54) is 26.2 Å². The summed E-state index contributed by atoms with van der Waals surface area (Å²) < 4.78 is 83.3. The molecule has 33 heavy (non-hydrogen) atoms. The third-order valence-electron chi connectivity index (χ3n) is 6.30. The molecule has 7 nitrogen and oxygen atoms in total.